The number of carbonyl (C=O) groups excluding carboxylic acids is 2. The monoisotopic (exact) mass is 298 g/mol. The van der Waals surface area contributed by atoms with Crippen LogP contribution in [-0.4, -0.2) is 43.9 Å². The van der Waals surface area contributed by atoms with Crippen molar-refractivity contribution >= 4 is 11.9 Å². The molecule has 0 saturated carbocycles. The lowest BCUT2D eigenvalue weighted by Gasteiger charge is -2.19. The second kappa shape index (κ2) is 7.78. The molecule has 7 nitrogen and oxygen atoms in total. The molecule has 0 bridgehead atoms. The average molecular weight is 298 g/mol. The summed E-state index contributed by atoms with van der Waals surface area (Å²) in [5, 5.41) is 6.52. The Kier molecular flexibility index (Phi) is 6.36. The Hall–Kier alpha value is -1.89. The van der Waals surface area contributed by atoms with E-state index >= 15 is 0 Å². The average Bonchev–Trinajstić information content (AvgIpc) is 2.80. The molecule has 118 valence electrons. The second-order valence-corrected chi connectivity index (χ2v) is 4.83. The Balaban J connectivity index is 2.79. The van der Waals surface area contributed by atoms with E-state index < -0.39 is 17.9 Å². The van der Waals surface area contributed by atoms with Gasteiger partial charge in [-0.05, 0) is 20.8 Å². The van der Waals surface area contributed by atoms with Gasteiger partial charge in [-0.15, -0.1) is 0 Å². The molecule has 1 rings (SSSR count). The number of nitrogens with one attached hydrogen (secondary N) is 1. The van der Waals surface area contributed by atoms with Gasteiger partial charge < -0.3 is 19.3 Å². The van der Waals surface area contributed by atoms with Gasteiger partial charge in [-0.2, -0.15) is 0 Å². The van der Waals surface area contributed by atoms with Crippen molar-refractivity contribution in [1.29, 1.82) is 0 Å². The Bertz CT molecular complexity index is 478. The number of nitrogens with zero attached hydrogens (tertiary/aromatic N) is 1. The lowest BCUT2D eigenvalue weighted by atomic mass is 9.98. The molecule has 0 radical (unpaired) electrons. The number of ether oxygens (including phenoxy) is 2. The summed E-state index contributed by atoms with van der Waals surface area (Å²) in [5.74, 6) is -0.644. The van der Waals surface area contributed by atoms with Gasteiger partial charge in [0.2, 0.25) is 5.91 Å². The zero-order valence-electron chi connectivity index (χ0n) is 13.1. The third kappa shape index (κ3) is 4.29. The van der Waals surface area contributed by atoms with Crippen molar-refractivity contribution in [3.05, 3.63) is 17.0 Å². The number of methoxy groups -OCH3 is 2. The fraction of sp³-hybridized carbons (Fsp3) is 0.643. The van der Waals surface area contributed by atoms with Crippen LogP contribution in [0.4, 0.5) is 0 Å². The van der Waals surface area contributed by atoms with E-state index in [1.165, 1.54) is 14.2 Å². The van der Waals surface area contributed by atoms with E-state index in [1.807, 2.05) is 0 Å². The first-order valence-electron chi connectivity index (χ1n) is 6.72. The van der Waals surface area contributed by atoms with Gasteiger partial charge in [0.25, 0.3) is 0 Å². The van der Waals surface area contributed by atoms with Crippen molar-refractivity contribution in [1.82, 2.24) is 10.5 Å². The zero-order chi connectivity index (χ0) is 16.0. The van der Waals surface area contributed by atoms with E-state index in [2.05, 4.69) is 15.2 Å². The number of hydrogen-bond donors (Lipinski definition) is 1. The van der Waals surface area contributed by atoms with E-state index in [4.69, 9.17) is 9.26 Å². The van der Waals surface area contributed by atoms with Crippen molar-refractivity contribution in [2.24, 2.45) is 0 Å². The maximum Gasteiger partial charge on any atom is 0.328 e. The zero-order valence-corrected chi connectivity index (χ0v) is 13.1. The number of amides is 1. The van der Waals surface area contributed by atoms with Crippen LogP contribution in [0.1, 0.15) is 36.3 Å². The van der Waals surface area contributed by atoms with Crippen LogP contribution >= 0.6 is 0 Å². The van der Waals surface area contributed by atoms with Crippen molar-refractivity contribution in [3.8, 4) is 0 Å². The standard InChI is InChI=1S/C14H22N2O5/c1-8(12-9(2)16-21-10(12)3)13(17)15-11(6-7-19-4)14(18)20-5/h8,11H,6-7H2,1-5H3,(H,15,17)/t8-,11-/m0/s1. The van der Waals surface area contributed by atoms with Crippen molar-refractivity contribution in [2.45, 2.75) is 39.2 Å². The lowest BCUT2D eigenvalue weighted by molar-refractivity contribution is -0.145. The number of rotatable bonds is 7. The molecule has 7 heteroatoms. The third-order valence-electron chi connectivity index (χ3n) is 3.33. The highest BCUT2D eigenvalue weighted by atomic mass is 16.5. The predicted octanol–water partition coefficient (Wildman–Crippen LogP) is 1.09. The van der Waals surface area contributed by atoms with Gasteiger partial charge in [-0.1, -0.05) is 5.16 Å². The minimum Gasteiger partial charge on any atom is -0.467 e. The third-order valence-corrected chi connectivity index (χ3v) is 3.33. The van der Waals surface area contributed by atoms with Crippen molar-refractivity contribution in [2.75, 3.05) is 20.8 Å². The molecule has 0 aliphatic rings. The smallest absolute Gasteiger partial charge is 0.328 e. The number of aryl methyl sites for hydroxylation is 2. The van der Waals surface area contributed by atoms with Crippen LogP contribution in [0.2, 0.25) is 0 Å². The summed E-state index contributed by atoms with van der Waals surface area (Å²) in [6, 6.07) is -0.731. The molecule has 1 heterocycles. The summed E-state index contributed by atoms with van der Waals surface area (Å²) in [4.78, 5) is 24.0. The fourth-order valence-corrected chi connectivity index (χ4v) is 2.16. The molecule has 0 saturated heterocycles. The maximum absolute atomic E-state index is 12.3. The number of hydrogen-bond acceptors (Lipinski definition) is 6. The van der Waals surface area contributed by atoms with Crippen LogP contribution in [0, 0.1) is 13.8 Å². The Morgan fingerprint density at radius 2 is 2.00 bits per heavy atom. The first-order chi connectivity index (χ1) is 9.92. The number of aromatic nitrogens is 1. The molecule has 1 amide bonds. The SMILES string of the molecule is COCC[C@H](NC(=O)[C@@H](C)c1c(C)noc1C)C(=O)OC. The molecule has 2 atom stereocenters. The van der Waals surface area contributed by atoms with Gasteiger partial charge in [-0.25, -0.2) is 4.79 Å². The normalized spacial score (nSPS) is 13.6. The van der Waals surface area contributed by atoms with Crippen LogP contribution in [0.15, 0.2) is 4.52 Å². The molecule has 1 N–H and O–H groups in total. The van der Waals surface area contributed by atoms with Crippen LogP contribution in [-0.2, 0) is 19.1 Å². The Morgan fingerprint density at radius 1 is 1.33 bits per heavy atom. The van der Waals surface area contributed by atoms with Gasteiger partial charge in [0, 0.05) is 25.7 Å². The Labute approximate surface area is 124 Å². The number of carbonyl (C=O) groups is 2. The van der Waals surface area contributed by atoms with Crippen molar-refractivity contribution in [3.63, 3.8) is 0 Å². The van der Waals surface area contributed by atoms with E-state index in [-0.39, 0.29) is 5.91 Å². The molecule has 0 aromatic carbocycles. The summed E-state index contributed by atoms with van der Waals surface area (Å²) in [7, 11) is 2.81. The molecular formula is C14H22N2O5. The van der Waals surface area contributed by atoms with Gasteiger partial charge in [0.05, 0.1) is 18.7 Å². The van der Waals surface area contributed by atoms with Gasteiger partial charge in [0.1, 0.15) is 11.8 Å². The molecule has 21 heavy (non-hydrogen) atoms. The highest BCUT2D eigenvalue weighted by Gasteiger charge is 2.27. The first kappa shape index (κ1) is 17.2. The highest BCUT2D eigenvalue weighted by molar-refractivity contribution is 5.88. The largest absolute Gasteiger partial charge is 0.467 e. The second-order valence-electron chi connectivity index (χ2n) is 4.83. The van der Waals surface area contributed by atoms with Crippen LogP contribution in [0.3, 0.4) is 0 Å². The summed E-state index contributed by atoms with van der Waals surface area (Å²) >= 11 is 0. The van der Waals surface area contributed by atoms with Crippen LogP contribution < -0.4 is 5.32 Å². The molecule has 1 aromatic rings. The molecule has 0 spiro atoms. The summed E-state index contributed by atoms with van der Waals surface area (Å²) in [5.41, 5.74) is 1.41. The summed E-state index contributed by atoms with van der Waals surface area (Å²) in [6.45, 7) is 5.62. The first-order valence-corrected chi connectivity index (χ1v) is 6.72. The molecular weight excluding hydrogens is 276 g/mol. The van der Waals surface area contributed by atoms with E-state index in [1.54, 1.807) is 20.8 Å². The number of esters is 1. The molecule has 0 aliphatic heterocycles. The molecule has 0 aliphatic carbocycles. The molecule has 1 aromatic heterocycles. The van der Waals surface area contributed by atoms with E-state index in [0.717, 1.165) is 5.56 Å². The topological polar surface area (TPSA) is 90.7 Å². The molecule has 0 unspecified atom stereocenters. The van der Waals surface area contributed by atoms with Gasteiger partial charge in [-0.3, -0.25) is 4.79 Å². The quantitative estimate of drug-likeness (QED) is 0.758. The Morgan fingerprint density at radius 3 is 2.48 bits per heavy atom. The minimum absolute atomic E-state index is 0.282. The van der Waals surface area contributed by atoms with E-state index in [0.29, 0.717) is 24.5 Å². The predicted molar refractivity (Wildman–Crippen MR) is 74.8 cm³/mol. The van der Waals surface area contributed by atoms with Crippen molar-refractivity contribution < 1.29 is 23.6 Å². The highest BCUT2D eigenvalue weighted by Crippen LogP contribution is 2.23. The van der Waals surface area contributed by atoms with Crippen LogP contribution in [0.25, 0.3) is 0 Å². The minimum atomic E-state index is -0.731. The maximum atomic E-state index is 12.3. The molecule has 0 fully saturated rings. The van der Waals surface area contributed by atoms with Gasteiger partial charge >= 0.3 is 5.97 Å². The fourth-order valence-electron chi connectivity index (χ4n) is 2.16. The van der Waals surface area contributed by atoms with E-state index in [9.17, 15) is 9.59 Å². The van der Waals surface area contributed by atoms with Gasteiger partial charge in [0.15, 0.2) is 0 Å². The summed E-state index contributed by atoms with van der Waals surface area (Å²) < 4.78 is 14.7. The summed E-state index contributed by atoms with van der Waals surface area (Å²) in [6.07, 6.45) is 0.350. The van der Waals surface area contributed by atoms with Crippen LogP contribution in [0.5, 0.6) is 0 Å². The lowest BCUT2D eigenvalue weighted by Crippen LogP contribution is -2.44.